The van der Waals surface area contributed by atoms with E-state index >= 15 is 0 Å². The van der Waals surface area contributed by atoms with Crippen LogP contribution in [-0.4, -0.2) is 11.8 Å². The van der Waals surface area contributed by atoms with Crippen LogP contribution >= 0.6 is 0 Å². The Bertz CT molecular complexity index is 401. The van der Waals surface area contributed by atoms with Crippen LogP contribution in [0.15, 0.2) is 24.3 Å². The zero-order chi connectivity index (χ0) is 10.1. The zero-order valence-electron chi connectivity index (χ0n) is 7.49. The van der Waals surface area contributed by atoms with E-state index in [1.807, 2.05) is 24.3 Å². The number of carbonyl (C=O) groups is 2. The highest BCUT2D eigenvalue weighted by Crippen LogP contribution is 2.33. The molecule has 0 saturated heterocycles. The smallest absolute Gasteiger partial charge is 0.232 e. The third-order valence-electron chi connectivity index (χ3n) is 2.32. The molecule has 1 aromatic carbocycles. The number of hydrogen-bond donors (Lipinski definition) is 2. The molecule has 1 heterocycles. The quantitative estimate of drug-likeness (QED) is 0.716. The van der Waals surface area contributed by atoms with Crippen molar-refractivity contribution >= 4 is 17.5 Å². The molecule has 0 radical (unpaired) electrons. The van der Waals surface area contributed by atoms with Crippen molar-refractivity contribution in [1.29, 1.82) is 0 Å². The number of amides is 2. The first kappa shape index (κ1) is 8.74. The number of benzene rings is 1. The fraction of sp³-hybridized carbons (Fsp3) is 0.200. The van der Waals surface area contributed by atoms with Crippen LogP contribution in [0.4, 0.5) is 5.69 Å². The van der Waals surface area contributed by atoms with Crippen molar-refractivity contribution in [2.75, 3.05) is 5.32 Å². The summed E-state index contributed by atoms with van der Waals surface area (Å²) in [7, 11) is 0. The van der Waals surface area contributed by atoms with Gasteiger partial charge in [0.1, 0.15) is 0 Å². The molecule has 14 heavy (non-hydrogen) atoms. The Balaban J connectivity index is 2.34. The fourth-order valence-corrected chi connectivity index (χ4v) is 1.68. The maximum absolute atomic E-state index is 11.4. The molecule has 4 heteroatoms. The van der Waals surface area contributed by atoms with Crippen LogP contribution < -0.4 is 11.1 Å². The van der Waals surface area contributed by atoms with Crippen LogP contribution in [0, 0.1) is 0 Å². The number of nitrogens with two attached hydrogens (primary N) is 1. The first-order valence-electron chi connectivity index (χ1n) is 4.36. The number of para-hydroxylation sites is 1. The fourth-order valence-electron chi connectivity index (χ4n) is 1.68. The van der Waals surface area contributed by atoms with Gasteiger partial charge in [0.05, 0.1) is 5.92 Å². The summed E-state index contributed by atoms with van der Waals surface area (Å²) in [6, 6.07) is 7.33. The molecule has 0 bridgehead atoms. The average molecular weight is 190 g/mol. The molecule has 4 nitrogen and oxygen atoms in total. The highest BCUT2D eigenvalue weighted by atomic mass is 16.2. The van der Waals surface area contributed by atoms with Gasteiger partial charge in [0.25, 0.3) is 0 Å². The van der Waals surface area contributed by atoms with Gasteiger partial charge in [-0.2, -0.15) is 0 Å². The van der Waals surface area contributed by atoms with E-state index in [2.05, 4.69) is 5.32 Å². The maximum Gasteiger partial charge on any atom is 0.232 e. The van der Waals surface area contributed by atoms with Gasteiger partial charge in [0.15, 0.2) is 0 Å². The molecule has 3 N–H and O–H groups in total. The Kier molecular flexibility index (Phi) is 1.96. The molecule has 0 unspecified atom stereocenters. The molecule has 0 spiro atoms. The van der Waals surface area contributed by atoms with Crippen molar-refractivity contribution < 1.29 is 9.59 Å². The Morgan fingerprint density at radius 1 is 1.43 bits per heavy atom. The van der Waals surface area contributed by atoms with Crippen LogP contribution in [-0.2, 0) is 9.59 Å². The number of primary amides is 1. The average Bonchev–Trinajstić information content (AvgIpc) is 2.43. The molecular weight excluding hydrogens is 180 g/mol. The summed E-state index contributed by atoms with van der Waals surface area (Å²) in [4.78, 5) is 22.2. The summed E-state index contributed by atoms with van der Waals surface area (Å²) < 4.78 is 0. The molecule has 1 aliphatic rings. The Hall–Kier alpha value is -1.84. The van der Waals surface area contributed by atoms with E-state index in [9.17, 15) is 9.59 Å². The van der Waals surface area contributed by atoms with Crippen LogP contribution in [0.5, 0.6) is 0 Å². The molecule has 0 aromatic heterocycles. The lowest BCUT2D eigenvalue weighted by atomic mass is 9.97. The van der Waals surface area contributed by atoms with Crippen molar-refractivity contribution in [2.45, 2.75) is 12.3 Å². The highest BCUT2D eigenvalue weighted by molar-refractivity contribution is 6.04. The van der Waals surface area contributed by atoms with Gasteiger partial charge in [-0.25, -0.2) is 0 Å². The van der Waals surface area contributed by atoms with Gasteiger partial charge in [-0.1, -0.05) is 18.2 Å². The van der Waals surface area contributed by atoms with E-state index < -0.39 is 11.8 Å². The molecule has 2 amide bonds. The summed E-state index contributed by atoms with van der Waals surface area (Å²) >= 11 is 0. The van der Waals surface area contributed by atoms with E-state index in [1.54, 1.807) is 0 Å². The van der Waals surface area contributed by atoms with Gasteiger partial charge in [-0.3, -0.25) is 9.59 Å². The van der Waals surface area contributed by atoms with Crippen LogP contribution in [0.2, 0.25) is 0 Å². The number of nitrogens with one attached hydrogen (secondary N) is 1. The lowest BCUT2D eigenvalue weighted by Crippen LogP contribution is -2.20. The lowest BCUT2D eigenvalue weighted by Gasteiger charge is -2.04. The van der Waals surface area contributed by atoms with Crippen LogP contribution in [0.25, 0.3) is 0 Å². The predicted octanol–water partition coefficient (Wildman–Crippen LogP) is 0.598. The van der Waals surface area contributed by atoms with Crippen molar-refractivity contribution in [3.8, 4) is 0 Å². The normalized spacial score (nSPS) is 18.9. The van der Waals surface area contributed by atoms with E-state index in [1.165, 1.54) is 0 Å². The summed E-state index contributed by atoms with van der Waals surface area (Å²) in [5, 5.41) is 2.71. The Morgan fingerprint density at radius 3 is 2.86 bits per heavy atom. The molecule has 0 fully saturated rings. The Labute approximate surface area is 81.1 Å². The molecule has 1 atom stereocenters. The minimum absolute atomic E-state index is 0.0723. The van der Waals surface area contributed by atoms with E-state index in [0.717, 1.165) is 11.3 Å². The number of fused-ring (bicyclic) bond motifs is 1. The third-order valence-corrected chi connectivity index (χ3v) is 2.32. The highest BCUT2D eigenvalue weighted by Gasteiger charge is 2.30. The van der Waals surface area contributed by atoms with Gasteiger partial charge in [0, 0.05) is 12.1 Å². The number of anilines is 1. The summed E-state index contributed by atoms with van der Waals surface area (Å²) in [5.41, 5.74) is 6.71. The van der Waals surface area contributed by atoms with E-state index in [-0.39, 0.29) is 12.3 Å². The topological polar surface area (TPSA) is 72.2 Å². The monoisotopic (exact) mass is 190 g/mol. The standard InChI is InChI=1S/C10H10N2O2/c11-9(13)5-7-6-3-1-2-4-8(6)12-10(7)14/h1-4,7H,5H2,(H2,11,13)(H,12,14)/t7-/m0/s1. The number of rotatable bonds is 2. The van der Waals surface area contributed by atoms with Gasteiger partial charge >= 0.3 is 0 Å². The minimum atomic E-state index is -0.457. The van der Waals surface area contributed by atoms with Gasteiger partial charge in [-0.15, -0.1) is 0 Å². The molecule has 72 valence electrons. The van der Waals surface area contributed by atoms with E-state index in [4.69, 9.17) is 5.73 Å². The molecule has 2 rings (SSSR count). The summed E-state index contributed by atoms with van der Waals surface area (Å²) in [5.74, 6) is -1.02. The molecule has 0 saturated carbocycles. The van der Waals surface area contributed by atoms with Crippen LogP contribution in [0.3, 0.4) is 0 Å². The second-order valence-electron chi connectivity index (χ2n) is 3.30. The maximum atomic E-state index is 11.4. The molecule has 0 aliphatic carbocycles. The van der Waals surface area contributed by atoms with Gasteiger partial charge in [-0.05, 0) is 11.6 Å². The van der Waals surface area contributed by atoms with Crippen molar-refractivity contribution in [2.24, 2.45) is 5.73 Å². The molecule has 1 aliphatic heterocycles. The van der Waals surface area contributed by atoms with Gasteiger partial charge in [0.2, 0.25) is 11.8 Å². The first-order valence-corrected chi connectivity index (χ1v) is 4.36. The second-order valence-corrected chi connectivity index (χ2v) is 3.30. The number of hydrogen-bond acceptors (Lipinski definition) is 2. The van der Waals surface area contributed by atoms with Crippen LogP contribution in [0.1, 0.15) is 17.9 Å². The lowest BCUT2D eigenvalue weighted by molar-refractivity contribution is -0.123. The first-order chi connectivity index (χ1) is 6.68. The van der Waals surface area contributed by atoms with Crippen molar-refractivity contribution in [3.05, 3.63) is 29.8 Å². The largest absolute Gasteiger partial charge is 0.370 e. The summed E-state index contributed by atoms with van der Waals surface area (Å²) in [6.07, 6.45) is 0.0723. The zero-order valence-corrected chi connectivity index (χ0v) is 7.49. The minimum Gasteiger partial charge on any atom is -0.370 e. The molecule has 1 aromatic rings. The van der Waals surface area contributed by atoms with Crippen molar-refractivity contribution in [1.82, 2.24) is 0 Å². The Morgan fingerprint density at radius 2 is 2.14 bits per heavy atom. The van der Waals surface area contributed by atoms with E-state index in [0.29, 0.717) is 0 Å². The number of carbonyl (C=O) groups excluding carboxylic acids is 2. The molecular formula is C10H10N2O2. The van der Waals surface area contributed by atoms with Gasteiger partial charge < -0.3 is 11.1 Å². The third kappa shape index (κ3) is 1.35. The van der Waals surface area contributed by atoms with Crippen molar-refractivity contribution in [3.63, 3.8) is 0 Å². The SMILES string of the molecule is NC(=O)C[C@@H]1C(=O)Nc2ccccc21. The predicted molar refractivity (Wildman–Crippen MR) is 51.6 cm³/mol. The second kappa shape index (κ2) is 3.14. The summed E-state index contributed by atoms with van der Waals surface area (Å²) in [6.45, 7) is 0.